The number of ether oxygens (including phenoxy) is 2. The summed E-state index contributed by atoms with van der Waals surface area (Å²) < 4.78 is 32.5. The highest BCUT2D eigenvalue weighted by Crippen LogP contribution is 2.43. The molecule has 0 aromatic carbocycles. The number of allylic oxidation sites excluding steroid dienone is 10. The lowest BCUT2D eigenvalue weighted by Crippen LogP contribution is -2.34. The van der Waals surface area contributed by atoms with Crippen LogP contribution in [0.4, 0.5) is 0 Å². The number of phosphoric acid groups is 1. The number of nitrogens with two attached hydrogens (primary N) is 1. The van der Waals surface area contributed by atoms with Crippen molar-refractivity contribution in [1.82, 2.24) is 0 Å². The van der Waals surface area contributed by atoms with E-state index in [-0.39, 0.29) is 19.4 Å². The number of carboxylic acid groups (broad SMARTS) is 1. The smallest absolute Gasteiger partial charge is 0.472 e. The zero-order chi connectivity index (χ0) is 37.8. The van der Waals surface area contributed by atoms with Crippen LogP contribution in [0.5, 0.6) is 0 Å². The number of unbranched alkanes of at least 4 members (excludes halogenated alkanes) is 14. The summed E-state index contributed by atoms with van der Waals surface area (Å²) in [6, 6.07) is -1.53. The Morgan fingerprint density at radius 3 is 1.63 bits per heavy atom. The predicted molar refractivity (Wildman–Crippen MR) is 203 cm³/mol. The number of rotatable bonds is 34. The van der Waals surface area contributed by atoms with E-state index in [4.69, 9.17) is 24.8 Å². The highest BCUT2D eigenvalue weighted by atomic mass is 31.2. The Kier molecular flexibility index (Phi) is 32.4. The fourth-order valence-corrected chi connectivity index (χ4v) is 5.46. The molecular formula is C39H66NO10P. The summed E-state index contributed by atoms with van der Waals surface area (Å²) in [5.74, 6) is -2.48. The van der Waals surface area contributed by atoms with Crippen LogP contribution < -0.4 is 5.73 Å². The molecule has 11 nitrogen and oxygen atoms in total. The summed E-state index contributed by atoms with van der Waals surface area (Å²) in [7, 11) is -4.73. The maximum absolute atomic E-state index is 12.5. The zero-order valence-electron chi connectivity index (χ0n) is 31.2. The van der Waals surface area contributed by atoms with Gasteiger partial charge in [0.15, 0.2) is 6.10 Å². The number of hydrogen-bond acceptors (Lipinski definition) is 9. The molecule has 0 saturated heterocycles. The summed E-state index contributed by atoms with van der Waals surface area (Å²) in [6.45, 7) is 2.55. The van der Waals surface area contributed by atoms with Gasteiger partial charge in [0.25, 0.3) is 0 Å². The summed E-state index contributed by atoms with van der Waals surface area (Å²) in [4.78, 5) is 45.7. The Bertz CT molecular complexity index is 1100. The molecule has 0 rings (SSSR count). The summed E-state index contributed by atoms with van der Waals surface area (Å²) in [6.07, 6.45) is 37.4. The first kappa shape index (κ1) is 48.2. The van der Waals surface area contributed by atoms with E-state index in [9.17, 15) is 23.8 Å². The number of esters is 2. The molecule has 0 aliphatic carbocycles. The van der Waals surface area contributed by atoms with Gasteiger partial charge in [-0.05, 0) is 25.7 Å². The van der Waals surface area contributed by atoms with Crippen molar-refractivity contribution in [2.45, 2.75) is 148 Å². The lowest BCUT2D eigenvalue weighted by atomic mass is 10.0. The van der Waals surface area contributed by atoms with Gasteiger partial charge in [-0.1, -0.05) is 158 Å². The van der Waals surface area contributed by atoms with Crippen molar-refractivity contribution < 1.29 is 47.5 Å². The fraction of sp³-hybridized carbons (Fsp3) is 0.667. The lowest BCUT2D eigenvalue weighted by Gasteiger charge is -2.20. The zero-order valence-corrected chi connectivity index (χ0v) is 32.1. The van der Waals surface area contributed by atoms with E-state index < -0.39 is 51.1 Å². The third kappa shape index (κ3) is 34.1. The minimum atomic E-state index is -4.73. The SMILES string of the molecule is CC/C=C/C=C/C=C/C=C/C=C/CCCC(=O)OC(COC(=O)CCCCCCCCCCCCCCCC)COP(=O)(O)OC[C@H](N)C(=O)O. The molecule has 0 aliphatic rings. The van der Waals surface area contributed by atoms with Crippen molar-refractivity contribution in [3.8, 4) is 0 Å². The van der Waals surface area contributed by atoms with Crippen LogP contribution in [0.15, 0.2) is 60.8 Å². The number of hydrogen-bond donors (Lipinski definition) is 3. The quantitative estimate of drug-likeness (QED) is 0.0249. The maximum atomic E-state index is 12.5. The molecule has 0 aromatic heterocycles. The van der Waals surface area contributed by atoms with Crippen LogP contribution >= 0.6 is 7.82 Å². The van der Waals surface area contributed by atoms with Gasteiger partial charge >= 0.3 is 25.7 Å². The van der Waals surface area contributed by atoms with E-state index >= 15 is 0 Å². The van der Waals surface area contributed by atoms with Crippen molar-refractivity contribution >= 4 is 25.7 Å². The molecular weight excluding hydrogens is 673 g/mol. The molecule has 12 heteroatoms. The Balaban J connectivity index is 4.56. The molecule has 0 bridgehead atoms. The molecule has 0 amide bonds. The third-order valence-corrected chi connectivity index (χ3v) is 8.61. The average molecular weight is 740 g/mol. The molecule has 3 atom stereocenters. The average Bonchev–Trinajstić information content (AvgIpc) is 3.10. The van der Waals surface area contributed by atoms with Gasteiger partial charge in [-0.2, -0.15) is 0 Å². The lowest BCUT2D eigenvalue weighted by molar-refractivity contribution is -0.161. The molecule has 4 N–H and O–H groups in total. The summed E-state index contributed by atoms with van der Waals surface area (Å²) in [5, 5.41) is 8.85. The Morgan fingerprint density at radius 1 is 0.627 bits per heavy atom. The molecule has 292 valence electrons. The van der Waals surface area contributed by atoms with Gasteiger partial charge < -0.3 is 25.2 Å². The molecule has 0 fully saturated rings. The first-order valence-corrected chi connectivity index (χ1v) is 20.4. The maximum Gasteiger partial charge on any atom is 0.472 e. The van der Waals surface area contributed by atoms with Gasteiger partial charge in [-0.15, -0.1) is 0 Å². The Labute approximate surface area is 307 Å². The predicted octanol–water partition coefficient (Wildman–Crippen LogP) is 9.22. The highest BCUT2D eigenvalue weighted by molar-refractivity contribution is 7.47. The molecule has 0 spiro atoms. The van der Waals surface area contributed by atoms with Crippen LogP contribution in [0, 0.1) is 0 Å². The van der Waals surface area contributed by atoms with E-state index in [0.29, 0.717) is 19.3 Å². The number of phosphoric ester groups is 1. The molecule has 51 heavy (non-hydrogen) atoms. The Hall–Kier alpha value is -2.82. The molecule has 2 unspecified atom stereocenters. The highest BCUT2D eigenvalue weighted by Gasteiger charge is 2.28. The van der Waals surface area contributed by atoms with E-state index in [0.717, 1.165) is 25.7 Å². The minimum absolute atomic E-state index is 0.0638. The van der Waals surface area contributed by atoms with Crippen molar-refractivity contribution in [2.75, 3.05) is 19.8 Å². The molecule has 0 aliphatic heterocycles. The standard InChI is InChI=1S/C39H66NO10P/c1-3-5-7-9-11-13-15-17-19-20-22-24-26-28-30-37(41)47-32-35(33-48-51(45,46)49-34-36(40)39(43)44)50-38(42)31-29-27-25-23-21-18-16-14-12-10-8-6-4-2/h6,8,10,12,14,16,18,21,23,25,35-36H,3-5,7,9,11,13,15,17,19-20,22,24,26-34,40H2,1-2H3,(H,43,44)(H,45,46)/b8-6+,12-10+,16-14+,21-18+,25-23+/t35?,36-/m0/s1. The fourth-order valence-electron chi connectivity index (χ4n) is 4.68. The number of aliphatic carboxylic acids is 1. The van der Waals surface area contributed by atoms with Gasteiger partial charge in [0, 0.05) is 12.8 Å². The number of carbonyl (C=O) groups is 3. The van der Waals surface area contributed by atoms with Crippen molar-refractivity contribution in [2.24, 2.45) is 5.73 Å². The van der Waals surface area contributed by atoms with Crippen LogP contribution in [0.2, 0.25) is 0 Å². The van der Waals surface area contributed by atoms with Crippen LogP contribution in [0.3, 0.4) is 0 Å². The topological polar surface area (TPSA) is 172 Å². The Morgan fingerprint density at radius 2 is 1.10 bits per heavy atom. The van der Waals surface area contributed by atoms with Crippen LogP contribution in [-0.2, 0) is 37.5 Å². The summed E-state index contributed by atoms with van der Waals surface area (Å²) in [5.41, 5.74) is 5.31. The van der Waals surface area contributed by atoms with Crippen molar-refractivity contribution in [3.05, 3.63) is 60.8 Å². The third-order valence-electron chi connectivity index (χ3n) is 7.66. The van der Waals surface area contributed by atoms with Crippen LogP contribution in [0.25, 0.3) is 0 Å². The molecule has 0 heterocycles. The second-order valence-electron chi connectivity index (χ2n) is 12.5. The minimum Gasteiger partial charge on any atom is -0.480 e. The summed E-state index contributed by atoms with van der Waals surface area (Å²) >= 11 is 0. The first-order chi connectivity index (χ1) is 24.6. The monoisotopic (exact) mass is 739 g/mol. The number of carbonyl (C=O) groups excluding carboxylic acids is 2. The van der Waals surface area contributed by atoms with Gasteiger partial charge in [0.1, 0.15) is 12.6 Å². The van der Waals surface area contributed by atoms with Crippen molar-refractivity contribution in [3.63, 3.8) is 0 Å². The van der Waals surface area contributed by atoms with Gasteiger partial charge in [0.2, 0.25) is 0 Å². The van der Waals surface area contributed by atoms with Gasteiger partial charge in [0.05, 0.1) is 13.2 Å². The van der Waals surface area contributed by atoms with E-state index in [1.807, 2.05) is 54.7 Å². The molecule has 0 radical (unpaired) electrons. The van der Waals surface area contributed by atoms with E-state index in [2.05, 4.69) is 24.4 Å². The first-order valence-electron chi connectivity index (χ1n) is 18.9. The van der Waals surface area contributed by atoms with Crippen LogP contribution in [0.1, 0.15) is 136 Å². The van der Waals surface area contributed by atoms with Crippen molar-refractivity contribution in [1.29, 1.82) is 0 Å². The van der Waals surface area contributed by atoms with Gasteiger partial charge in [-0.3, -0.25) is 23.4 Å². The number of carboxylic acids is 1. The normalized spacial score (nSPS) is 14.6. The molecule has 0 saturated carbocycles. The molecule has 0 aromatic rings. The van der Waals surface area contributed by atoms with Crippen LogP contribution in [-0.4, -0.2) is 59.9 Å². The van der Waals surface area contributed by atoms with E-state index in [1.54, 1.807) is 0 Å². The van der Waals surface area contributed by atoms with Gasteiger partial charge in [-0.25, -0.2) is 4.57 Å². The van der Waals surface area contributed by atoms with E-state index in [1.165, 1.54) is 64.2 Å². The largest absolute Gasteiger partial charge is 0.480 e. The second kappa shape index (κ2) is 34.3. The second-order valence-corrected chi connectivity index (χ2v) is 13.9.